The van der Waals surface area contributed by atoms with Crippen molar-refractivity contribution < 1.29 is 19.8 Å². The van der Waals surface area contributed by atoms with Crippen LogP contribution >= 0.6 is 0 Å². The number of anilines is 1. The first-order valence-corrected chi connectivity index (χ1v) is 8.11. The smallest absolute Gasteiger partial charge is 0.411 e. The number of nitrogens with two attached hydrogens (primary N) is 1. The lowest BCUT2D eigenvalue weighted by molar-refractivity contribution is 0.0696. The van der Waals surface area contributed by atoms with Crippen LogP contribution in [0.5, 0.6) is 0 Å². The molecule has 0 aromatic heterocycles. The van der Waals surface area contributed by atoms with Crippen LogP contribution in [0.25, 0.3) is 0 Å². The van der Waals surface area contributed by atoms with Crippen LogP contribution in [0.4, 0.5) is 10.5 Å². The Morgan fingerprint density at radius 1 is 1.25 bits per heavy atom. The van der Waals surface area contributed by atoms with Gasteiger partial charge >= 0.3 is 12.1 Å². The van der Waals surface area contributed by atoms with Crippen molar-refractivity contribution in [1.82, 2.24) is 0 Å². The molecule has 1 fully saturated rings. The molecule has 4 N–H and O–H groups in total. The average Bonchev–Trinajstić information content (AvgIpc) is 2.42. The third kappa shape index (κ3) is 4.26. The minimum atomic E-state index is -1.09. The molecule has 1 aliphatic rings. The van der Waals surface area contributed by atoms with Gasteiger partial charge < -0.3 is 15.9 Å². The van der Waals surface area contributed by atoms with Crippen LogP contribution in [0.1, 0.15) is 50.4 Å². The van der Waals surface area contributed by atoms with Crippen LogP contribution in [-0.4, -0.2) is 34.9 Å². The summed E-state index contributed by atoms with van der Waals surface area (Å²) in [5, 5.41) is 18.8. The van der Waals surface area contributed by atoms with Crippen molar-refractivity contribution in [2.45, 2.75) is 46.1 Å². The van der Waals surface area contributed by atoms with E-state index in [2.05, 4.69) is 20.8 Å². The summed E-state index contributed by atoms with van der Waals surface area (Å²) >= 11 is 0. The lowest BCUT2D eigenvalue weighted by atomic mass is 9.62. The van der Waals surface area contributed by atoms with Gasteiger partial charge in [0.05, 0.1) is 5.56 Å². The molecule has 24 heavy (non-hydrogen) atoms. The standard InChI is InChI=1S/C18H26N2O4/c1-17(2)8-13(19)9-18(3,10-17)11-20(16(23)24)14-6-4-5-12(7-14)15(21)22/h4-7,13H,8-11,19H2,1-3H3,(H,21,22)(H,23,24). The molecule has 0 spiro atoms. The molecule has 0 bridgehead atoms. The van der Waals surface area contributed by atoms with Crippen LogP contribution in [0.15, 0.2) is 24.3 Å². The van der Waals surface area contributed by atoms with Crippen LogP contribution in [0.3, 0.4) is 0 Å². The highest BCUT2D eigenvalue weighted by atomic mass is 16.4. The van der Waals surface area contributed by atoms with Gasteiger partial charge in [0.1, 0.15) is 0 Å². The van der Waals surface area contributed by atoms with Crippen molar-refractivity contribution in [3.8, 4) is 0 Å². The second-order valence-corrected chi connectivity index (χ2v) is 8.04. The second-order valence-electron chi connectivity index (χ2n) is 8.04. The van der Waals surface area contributed by atoms with Gasteiger partial charge in [0.2, 0.25) is 0 Å². The van der Waals surface area contributed by atoms with Gasteiger partial charge in [-0.25, -0.2) is 9.59 Å². The van der Waals surface area contributed by atoms with E-state index >= 15 is 0 Å². The predicted octanol–water partition coefficient (Wildman–Crippen LogP) is 3.41. The fourth-order valence-corrected chi connectivity index (χ4v) is 4.29. The minimum absolute atomic E-state index is 0.0414. The summed E-state index contributed by atoms with van der Waals surface area (Å²) < 4.78 is 0. The number of rotatable bonds is 4. The number of aromatic carboxylic acids is 1. The fraction of sp³-hybridized carbons (Fsp3) is 0.556. The lowest BCUT2D eigenvalue weighted by Gasteiger charge is -2.47. The molecule has 0 saturated heterocycles. The molecule has 0 heterocycles. The Morgan fingerprint density at radius 2 is 1.92 bits per heavy atom. The van der Waals surface area contributed by atoms with E-state index < -0.39 is 12.1 Å². The Hall–Kier alpha value is -2.08. The quantitative estimate of drug-likeness (QED) is 0.783. The number of carbonyl (C=O) groups is 2. The molecule has 1 amide bonds. The topological polar surface area (TPSA) is 104 Å². The van der Waals surface area contributed by atoms with E-state index in [1.807, 2.05) is 0 Å². The summed E-state index contributed by atoms with van der Waals surface area (Å²) in [5.41, 5.74) is 6.45. The molecule has 1 saturated carbocycles. The molecule has 1 aliphatic carbocycles. The Labute approximate surface area is 142 Å². The zero-order chi connectivity index (χ0) is 18.1. The molecule has 1 aromatic rings. The summed E-state index contributed by atoms with van der Waals surface area (Å²) in [6.07, 6.45) is 1.45. The van der Waals surface area contributed by atoms with Gasteiger partial charge in [0.25, 0.3) is 0 Å². The first-order chi connectivity index (χ1) is 11.0. The van der Waals surface area contributed by atoms with Gasteiger partial charge in [-0.3, -0.25) is 4.90 Å². The Bertz CT molecular complexity index is 644. The maximum absolute atomic E-state index is 11.8. The molecule has 2 unspecified atom stereocenters. The Kier molecular flexibility index (Phi) is 4.90. The van der Waals surface area contributed by atoms with Crippen molar-refractivity contribution in [2.75, 3.05) is 11.4 Å². The second kappa shape index (κ2) is 6.43. The molecular formula is C18H26N2O4. The van der Waals surface area contributed by atoms with Crippen LogP contribution in [-0.2, 0) is 0 Å². The molecule has 6 heteroatoms. The maximum Gasteiger partial charge on any atom is 0.411 e. The average molecular weight is 334 g/mol. The van der Waals surface area contributed by atoms with Crippen LogP contribution in [0.2, 0.25) is 0 Å². The predicted molar refractivity (Wildman–Crippen MR) is 92.5 cm³/mol. The first kappa shape index (κ1) is 18.3. The van der Waals surface area contributed by atoms with E-state index in [1.54, 1.807) is 12.1 Å². The summed E-state index contributed by atoms with van der Waals surface area (Å²) in [6.45, 7) is 6.66. The fourth-order valence-electron chi connectivity index (χ4n) is 4.29. The van der Waals surface area contributed by atoms with Crippen molar-refractivity contribution in [3.63, 3.8) is 0 Å². The highest BCUT2D eigenvalue weighted by molar-refractivity contribution is 5.92. The number of amides is 1. The molecule has 2 atom stereocenters. The number of benzene rings is 1. The van der Waals surface area contributed by atoms with Gasteiger partial charge in [-0.2, -0.15) is 0 Å². The number of hydrogen-bond acceptors (Lipinski definition) is 3. The first-order valence-electron chi connectivity index (χ1n) is 8.11. The van der Waals surface area contributed by atoms with Crippen molar-refractivity contribution in [3.05, 3.63) is 29.8 Å². The highest BCUT2D eigenvalue weighted by Crippen LogP contribution is 2.46. The molecule has 6 nitrogen and oxygen atoms in total. The summed E-state index contributed by atoms with van der Waals surface area (Å²) in [6, 6.07) is 6.08. The summed E-state index contributed by atoms with van der Waals surface area (Å²) in [7, 11) is 0. The van der Waals surface area contributed by atoms with E-state index in [0.717, 1.165) is 19.3 Å². The van der Waals surface area contributed by atoms with E-state index in [-0.39, 0.29) is 22.4 Å². The summed E-state index contributed by atoms with van der Waals surface area (Å²) in [5.74, 6) is -1.07. The van der Waals surface area contributed by atoms with Crippen LogP contribution in [0, 0.1) is 10.8 Å². The third-order valence-electron chi connectivity index (χ3n) is 4.65. The minimum Gasteiger partial charge on any atom is -0.478 e. The monoisotopic (exact) mass is 334 g/mol. The van der Waals surface area contributed by atoms with Crippen molar-refractivity contribution in [1.29, 1.82) is 0 Å². The molecular weight excluding hydrogens is 308 g/mol. The van der Waals surface area contributed by atoms with Gasteiger partial charge in [0.15, 0.2) is 0 Å². The van der Waals surface area contributed by atoms with Gasteiger partial charge in [-0.05, 0) is 48.3 Å². The van der Waals surface area contributed by atoms with E-state index in [4.69, 9.17) is 10.8 Å². The SMILES string of the molecule is CC1(C)CC(N)CC(C)(CN(C(=O)O)c2cccc(C(=O)O)c2)C1. The number of hydrogen-bond donors (Lipinski definition) is 3. The zero-order valence-electron chi connectivity index (χ0n) is 14.5. The lowest BCUT2D eigenvalue weighted by Crippen LogP contribution is -2.48. The maximum atomic E-state index is 11.8. The van der Waals surface area contributed by atoms with Gasteiger partial charge in [-0.15, -0.1) is 0 Å². The molecule has 1 aromatic carbocycles. The highest BCUT2D eigenvalue weighted by Gasteiger charge is 2.42. The Morgan fingerprint density at radius 3 is 2.46 bits per heavy atom. The largest absolute Gasteiger partial charge is 0.478 e. The normalized spacial score (nSPS) is 25.9. The van der Waals surface area contributed by atoms with E-state index in [1.165, 1.54) is 17.0 Å². The number of nitrogens with zero attached hydrogens (tertiary/aromatic N) is 1. The summed E-state index contributed by atoms with van der Waals surface area (Å²) in [4.78, 5) is 24.2. The number of carboxylic acid groups (broad SMARTS) is 2. The van der Waals surface area contributed by atoms with E-state index in [0.29, 0.717) is 12.2 Å². The van der Waals surface area contributed by atoms with Crippen molar-refractivity contribution >= 4 is 17.7 Å². The van der Waals surface area contributed by atoms with Gasteiger partial charge in [-0.1, -0.05) is 26.8 Å². The molecule has 0 aliphatic heterocycles. The van der Waals surface area contributed by atoms with Crippen molar-refractivity contribution in [2.24, 2.45) is 16.6 Å². The van der Waals surface area contributed by atoms with Crippen LogP contribution < -0.4 is 10.6 Å². The third-order valence-corrected chi connectivity index (χ3v) is 4.65. The van der Waals surface area contributed by atoms with Gasteiger partial charge in [0, 0.05) is 18.3 Å². The number of carboxylic acids is 1. The zero-order valence-corrected chi connectivity index (χ0v) is 14.5. The molecule has 2 rings (SSSR count). The molecule has 0 radical (unpaired) electrons. The Balaban J connectivity index is 2.30. The molecule has 132 valence electrons. The van der Waals surface area contributed by atoms with E-state index in [9.17, 15) is 14.7 Å².